The highest BCUT2D eigenvalue weighted by atomic mass is 32.2. The van der Waals surface area contributed by atoms with Crippen LogP contribution in [0.25, 0.3) is 0 Å². The number of carboxylic acids is 1. The molecule has 0 bridgehead atoms. The molecule has 2 atom stereocenters. The lowest BCUT2D eigenvalue weighted by atomic mass is 9.83. The summed E-state index contributed by atoms with van der Waals surface area (Å²) in [6, 6.07) is -0.769. The van der Waals surface area contributed by atoms with Gasteiger partial charge in [0.15, 0.2) is 0 Å². The van der Waals surface area contributed by atoms with Crippen LogP contribution in [-0.2, 0) is 9.59 Å². The summed E-state index contributed by atoms with van der Waals surface area (Å²) in [5.74, 6) is -0.340. The molecule has 0 aromatic carbocycles. The first-order valence-corrected chi connectivity index (χ1v) is 7.68. The maximum atomic E-state index is 12.3. The van der Waals surface area contributed by atoms with Gasteiger partial charge >= 0.3 is 5.97 Å². The molecule has 1 fully saturated rings. The second-order valence-corrected chi connectivity index (χ2v) is 5.69. The number of carbonyl (C=O) groups excluding carboxylic acids is 1. The summed E-state index contributed by atoms with van der Waals surface area (Å²) in [5.41, 5.74) is -0.424. The highest BCUT2D eigenvalue weighted by molar-refractivity contribution is 7.98. The molecule has 0 aromatic rings. The zero-order valence-corrected chi connectivity index (χ0v) is 11.8. The summed E-state index contributed by atoms with van der Waals surface area (Å²) >= 11 is 1.58. The first-order valence-electron chi connectivity index (χ1n) is 6.29. The van der Waals surface area contributed by atoms with Crippen molar-refractivity contribution in [2.45, 2.75) is 32.2 Å². The molecule has 1 saturated heterocycles. The predicted octanol–water partition coefficient (Wildman–Crippen LogP) is 0.699. The maximum Gasteiger partial charge on any atom is 0.326 e. The Kier molecular flexibility index (Phi) is 5.95. The van der Waals surface area contributed by atoms with Crippen LogP contribution in [0.3, 0.4) is 0 Å². The molecular formula is C12H22N2O3S. The van der Waals surface area contributed by atoms with Gasteiger partial charge < -0.3 is 15.7 Å². The van der Waals surface area contributed by atoms with Gasteiger partial charge in [0.05, 0.1) is 5.41 Å². The zero-order valence-electron chi connectivity index (χ0n) is 11.0. The summed E-state index contributed by atoms with van der Waals surface area (Å²) in [6.07, 6.45) is 3.91. The molecular weight excluding hydrogens is 252 g/mol. The van der Waals surface area contributed by atoms with E-state index in [-0.39, 0.29) is 5.91 Å². The van der Waals surface area contributed by atoms with E-state index in [2.05, 4.69) is 10.6 Å². The van der Waals surface area contributed by atoms with Gasteiger partial charge in [-0.2, -0.15) is 11.8 Å². The van der Waals surface area contributed by atoms with Gasteiger partial charge in [0, 0.05) is 6.54 Å². The third-order valence-electron chi connectivity index (χ3n) is 3.62. The van der Waals surface area contributed by atoms with Crippen molar-refractivity contribution >= 4 is 23.6 Å². The highest BCUT2D eigenvalue weighted by Crippen LogP contribution is 2.29. The predicted molar refractivity (Wildman–Crippen MR) is 72.8 cm³/mol. The van der Waals surface area contributed by atoms with Crippen LogP contribution >= 0.6 is 11.8 Å². The van der Waals surface area contributed by atoms with Gasteiger partial charge in [0.25, 0.3) is 0 Å². The number of hydrogen-bond donors (Lipinski definition) is 3. The van der Waals surface area contributed by atoms with E-state index in [0.717, 1.165) is 25.1 Å². The molecule has 0 radical (unpaired) electrons. The second kappa shape index (κ2) is 6.99. The van der Waals surface area contributed by atoms with Gasteiger partial charge in [-0.15, -0.1) is 0 Å². The van der Waals surface area contributed by atoms with Crippen molar-refractivity contribution in [2.24, 2.45) is 5.41 Å². The smallest absolute Gasteiger partial charge is 0.326 e. The lowest BCUT2D eigenvalue weighted by Crippen LogP contribution is -2.49. The van der Waals surface area contributed by atoms with E-state index in [9.17, 15) is 9.59 Å². The molecule has 1 amide bonds. The molecule has 1 heterocycles. The summed E-state index contributed by atoms with van der Waals surface area (Å²) < 4.78 is 0. The minimum absolute atomic E-state index is 0.122. The van der Waals surface area contributed by atoms with E-state index in [1.165, 1.54) is 0 Å². The van der Waals surface area contributed by atoms with Crippen molar-refractivity contribution < 1.29 is 14.7 Å². The van der Waals surface area contributed by atoms with E-state index in [4.69, 9.17) is 5.11 Å². The van der Waals surface area contributed by atoms with Crippen molar-refractivity contribution in [3.63, 3.8) is 0 Å². The van der Waals surface area contributed by atoms with Crippen LogP contribution in [0.4, 0.5) is 0 Å². The Labute approximate surface area is 112 Å². The number of rotatable bonds is 7. The van der Waals surface area contributed by atoms with Gasteiger partial charge in [-0.25, -0.2) is 4.79 Å². The number of nitrogens with one attached hydrogen (secondary N) is 2. The van der Waals surface area contributed by atoms with Gasteiger partial charge in [-0.05, 0) is 37.8 Å². The fourth-order valence-corrected chi connectivity index (χ4v) is 2.68. The number of carbonyl (C=O) groups is 2. The first kappa shape index (κ1) is 15.3. The lowest BCUT2D eigenvalue weighted by Gasteiger charge is -2.27. The third kappa shape index (κ3) is 3.62. The van der Waals surface area contributed by atoms with Crippen molar-refractivity contribution in [3.8, 4) is 0 Å². The normalized spacial score (nSPS) is 24.8. The maximum absolute atomic E-state index is 12.3. The number of carboxylic acid groups (broad SMARTS) is 1. The Morgan fingerprint density at radius 3 is 2.72 bits per heavy atom. The number of amides is 1. The van der Waals surface area contributed by atoms with Gasteiger partial charge in [0.2, 0.25) is 5.91 Å². The summed E-state index contributed by atoms with van der Waals surface area (Å²) in [5, 5.41) is 15.0. The van der Waals surface area contributed by atoms with E-state index in [1.807, 2.05) is 13.2 Å². The Bertz CT molecular complexity index is 304. The molecule has 18 heavy (non-hydrogen) atoms. The number of aliphatic carboxylic acids is 1. The molecule has 0 saturated carbocycles. The quantitative estimate of drug-likeness (QED) is 0.637. The third-order valence-corrected chi connectivity index (χ3v) is 4.26. The van der Waals surface area contributed by atoms with E-state index in [1.54, 1.807) is 11.8 Å². The SMILES string of the molecule is CCC1(C(=O)N[C@@H](CCSC)C(=O)O)CCNC1. The molecule has 0 aromatic heterocycles. The topological polar surface area (TPSA) is 78.4 Å². The van der Waals surface area contributed by atoms with Crippen LogP contribution in [0.2, 0.25) is 0 Å². The number of hydrogen-bond acceptors (Lipinski definition) is 4. The van der Waals surface area contributed by atoms with Crippen LogP contribution in [0.5, 0.6) is 0 Å². The van der Waals surface area contributed by atoms with Crippen LogP contribution < -0.4 is 10.6 Å². The standard InChI is InChI=1S/C12H22N2O3S/c1-3-12(5-6-13-8-12)11(17)14-9(10(15)16)4-7-18-2/h9,13H,3-8H2,1-2H3,(H,14,17)(H,15,16)/t9-,12?/m0/s1. The van der Waals surface area contributed by atoms with Crippen molar-refractivity contribution in [1.29, 1.82) is 0 Å². The lowest BCUT2D eigenvalue weighted by molar-refractivity contribution is -0.143. The fourth-order valence-electron chi connectivity index (χ4n) is 2.20. The minimum atomic E-state index is -0.949. The minimum Gasteiger partial charge on any atom is -0.480 e. The Morgan fingerprint density at radius 1 is 1.56 bits per heavy atom. The molecule has 1 unspecified atom stereocenters. The molecule has 1 aliphatic rings. The molecule has 0 spiro atoms. The van der Waals surface area contributed by atoms with Crippen LogP contribution in [0, 0.1) is 5.41 Å². The molecule has 6 heteroatoms. The number of thioether (sulfide) groups is 1. The molecule has 1 rings (SSSR count). The average molecular weight is 274 g/mol. The summed E-state index contributed by atoms with van der Waals surface area (Å²) in [4.78, 5) is 23.4. The summed E-state index contributed by atoms with van der Waals surface area (Å²) in [6.45, 7) is 3.44. The molecule has 5 nitrogen and oxygen atoms in total. The molecule has 1 aliphatic heterocycles. The second-order valence-electron chi connectivity index (χ2n) is 4.71. The Balaban J connectivity index is 2.62. The Hall–Kier alpha value is -0.750. The zero-order chi connectivity index (χ0) is 13.6. The fraction of sp³-hybridized carbons (Fsp3) is 0.833. The molecule has 104 valence electrons. The van der Waals surface area contributed by atoms with Gasteiger partial charge in [-0.3, -0.25) is 4.79 Å². The van der Waals surface area contributed by atoms with E-state index in [0.29, 0.717) is 13.0 Å². The van der Waals surface area contributed by atoms with E-state index >= 15 is 0 Å². The van der Waals surface area contributed by atoms with Crippen LogP contribution in [-0.4, -0.2) is 48.1 Å². The van der Waals surface area contributed by atoms with Gasteiger partial charge in [-0.1, -0.05) is 6.92 Å². The summed E-state index contributed by atoms with van der Waals surface area (Å²) in [7, 11) is 0. The van der Waals surface area contributed by atoms with Crippen LogP contribution in [0.1, 0.15) is 26.2 Å². The highest BCUT2D eigenvalue weighted by Gasteiger charge is 2.40. The molecule has 3 N–H and O–H groups in total. The average Bonchev–Trinajstić information content (AvgIpc) is 2.83. The molecule has 0 aliphatic carbocycles. The van der Waals surface area contributed by atoms with Gasteiger partial charge in [0.1, 0.15) is 6.04 Å². The Morgan fingerprint density at radius 2 is 2.28 bits per heavy atom. The van der Waals surface area contributed by atoms with E-state index < -0.39 is 17.4 Å². The largest absolute Gasteiger partial charge is 0.480 e. The van der Waals surface area contributed by atoms with Crippen molar-refractivity contribution in [1.82, 2.24) is 10.6 Å². The van der Waals surface area contributed by atoms with Crippen LogP contribution in [0.15, 0.2) is 0 Å². The van der Waals surface area contributed by atoms with Crippen molar-refractivity contribution in [3.05, 3.63) is 0 Å². The monoisotopic (exact) mass is 274 g/mol. The first-order chi connectivity index (χ1) is 8.55. The van der Waals surface area contributed by atoms with Crippen molar-refractivity contribution in [2.75, 3.05) is 25.1 Å².